The number of amides is 1. The highest BCUT2D eigenvalue weighted by Crippen LogP contribution is 2.33. The average Bonchev–Trinajstić information content (AvgIpc) is 3.09. The number of carbonyl (C=O) groups excluding carboxylic acids is 1. The zero-order valence-electron chi connectivity index (χ0n) is 13.6. The zero-order chi connectivity index (χ0) is 17.8. The maximum absolute atomic E-state index is 12.1. The maximum atomic E-state index is 12.1. The molecule has 0 saturated heterocycles. The Bertz CT molecular complexity index is 772. The van der Waals surface area contributed by atoms with E-state index in [4.69, 9.17) is 0 Å². The molecule has 0 spiro atoms. The van der Waals surface area contributed by atoms with Crippen molar-refractivity contribution < 1.29 is 9.90 Å². The minimum atomic E-state index is -0.343. The fourth-order valence-corrected chi connectivity index (χ4v) is 4.23. The molecule has 1 aromatic carbocycles. The number of nitrogens with zero attached hydrogens (tertiary/aromatic N) is 2. The van der Waals surface area contributed by atoms with Gasteiger partial charge in [0.2, 0.25) is 0 Å². The van der Waals surface area contributed by atoms with Gasteiger partial charge in [-0.3, -0.25) is 4.79 Å². The van der Waals surface area contributed by atoms with Crippen LogP contribution in [0.25, 0.3) is 0 Å². The molecule has 7 heteroatoms. The van der Waals surface area contributed by atoms with E-state index in [2.05, 4.69) is 59.3 Å². The molecule has 0 bridgehead atoms. The molecule has 0 aliphatic heterocycles. The molecule has 25 heavy (non-hydrogen) atoms. The lowest BCUT2D eigenvalue weighted by molar-refractivity contribution is 0.0955. The Hall–Kier alpha value is -1.60. The first-order valence-electron chi connectivity index (χ1n) is 8.23. The van der Waals surface area contributed by atoms with Gasteiger partial charge in [0.25, 0.3) is 5.91 Å². The van der Waals surface area contributed by atoms with Crippen LogP contribution in [0.15, 0.2) is 44.6 Å². The molecule has 1 aromatic heterocycles. The monoisotopic (exact) mass is 467 g/mol. The predicted molar refractivity (Wildman–Crippen MR) is 105 cm³/mol. The van der Waals surface area contributed by atoms with Crippen molar-refractivity contribution in [3.8, 4) is 5.75 Å². The van der Waals surface area contributed by atoms with E-state index < -0.39 is 0 Å². The van der Waals surface area contributed by atoms with Crippen molar-refractivity contribution in [2.75, 3.05) is 0 Å². The topological polar surface area (TPSA) is 66.6 Å². The van der Waals surface area contributed by atoms with E-state index in [0.29, 0.717) is 20.6 Å². The molecule has 2 aromatic rings. The first kappa shape index (κ1) is 18.2. The van der Waals surface area contributed by atoms with Crippen molar-refractivity contribution in [2.45, 2.75) is 38.1 Å². The third-order valence-corrected chi connectivity index (χ3v) is 5.60. The Kier molecular flexibility index (Phi) is 5.96. The molecule has 0 radical (unpaired) electrons. The molecule has 0 unspecified atom stereocenters. The molecule has 1 fully saturated rings. The number of halogens is 2. The molecule has 1 aliphatic carbocycles. The minimum Gasteiger partial charge on any atom is -0.506 e. The molecule has 1 saturated carbocycles. The number of phenols is 1. The van der Waals surface area contributed by atoms with E-state index in [1.165, 1.54) is 32.1 Å². The molecule has 2 N–H and O–H groups in total. The standard InChI is InChI=1S/C18H19Br2N3O2/c19-15-8-13(9-16(20)17(15)24)18(25)22-21-10-12-6-7-23(11-12)14-4-2-1-3-5-14/h6-11,14,24H,1-5H2,(H,22,25)/b21-10-. The van der Waals surface area contributed by atoms with Crippen molar-refractivity contribution in [3.05, 3.63) is 50.7 Å². The summed E-state index contributed by atoms with van der Waals surface area (Å²) in [6.07, 6.45) is 12.2. The van der Waals surface area contributed by atoms with Gasteiger partial charge in [-0.25, -0.2) is 5.43 Å². The first-order chi connectivity index (χ1) is 12.0. The van der Waals surface area contributed by atoms with Crippen molar-refractivity contribution in [1.29, 1.82) is 0 Å². The number of hydrazone groups is 1. The molecule has 132 valence electrons. The molecule has 1 amide bonds. The van der Waals surface area contributed by atoms with Crippen LogP contribution >= 0.6 is 31.9 Å². The van der Waals surface area contributed by atoms with Gasteiger partial charge < -0.3 is 9.67 Å². The fourth-order valence-electron chi connectivity index (χ4n) is 3.04. The smallest absolute Gasteiger partial charge is 0.271 e. The van der Waals surface area contributed by atoms with Crippen LogP contribution in [0, 0.1) is 0 Å². The Morgan fingerprint density at radius 3 is 2.60 bits per heavy atom. The molecule has 5 nitrogen and oxygen atoms in total. The van der Waals surface area contributed by atoms with Crippen molar-refractivity contribution in [2.24, 2.45) is 5.10 Å². The van der Waals surface area contributed by atoms with Gasteiger partial charge in [0, 0.05) is 29.6 Å². The first-order valence-corrected chi connectivity index (χ1v) is 9.82. The molecule has 1 heterocycles. The van der Waals surface area contributed by atoms with E-state index in [1.807, 2.05) is 6.07 Å². The van der Waals surface area contributed by atoms with Crippen LogP contribution in [0.3, 0.4) is 0 Å². The van der Waals surface area contributed by atoms with Gasteiger partial charge in [-0.05, 0) is 62.9 Å². The number of carbonyl (C=O) groups is 1. The predicted octanol–water partition coefficient (Wildman–Crippen LogP) is 4.99. The third kappa shape index (κ3) is 4.52. The second-order valence-electron chi connectivity index (χ2n) is 6.17. The van der Waals surface area contributed by atoms with Crippen LogP contribution in [-0.4, -0.2) is 21.8 Å². The maximum Gasteiger partial charge on any atom is 0.271 e. The Balaban J connectivity index is 1.61. The van der Waals surface area contributed by atoms with Gasteiger partial charge >= 0.3 is 0 Å². The highest BCUT2D eigenvalue weighted by Gasteiger charge is 2.14. The number of aromatic nitrogens is 1. The lowest BCUT2D eigenvalue weighted by atomic mass is 9.95. The quantitative estimate of drug-likeness (QED) is 0.490. The number of phenolic OH excluding ortho intramolecular Hbond substituents is 1. The molecule has 0 atom stereocenters. The number of aromatic hydroxyl groups is 1. The van der Waals surface area contributed by atoms with Crippen molar-refractivity contribution >= 4 is 44.0 Å². The SMILES string of the molecule is O=C(N/N=C\c1ccn(C2CCCCC2)c1)c1cc(Br)c(O)c(Br)c1. The summed E-state index contributed by atoms with van der Waals surface area (Å²) in [5.41, 5.74) is 3.86. The van der Waals surface area contributed by atoms with Gasteiger partial charge in [0.15, 0.2) is 0 Å². The summed E-state index contributed by atoms with van der Waals surface area (Å²) in [6, 6.07) is 5.67. The second kappa shape index (κ2) is 8.19. The molecule has 1 aliphatic rings. The van der Waals surface area contributed by atoms with Gasteiger partial charge in [0.05, 0.1) is 15.2 Å². The van der Waals surface area contributed by atoms with Crippen molar-refractivity contribution in [3.63, 3.8) is 0 Å². The summed E-state index contributed by atoms with van der Waals surface area (Å²) < 4.78 is 3.14. The molecular formula is C18H19Br2N3O2. The normalized spacial score (nSPS) is 15.6. The Morgan fingerprint density at radius 2 is 1.92 bits per heavy atom. The zero-order valence-corrected chi connectivity index (χ0v) is 16.8. The van der Waals surface area contributed by atoms with E-state index in [9.17, 15) is 9.90 Å². The van der Waals surface area contributed by atoms with Gasteiger partial charge in [0.1, 0.15) is 5.75 Å². The molecule has 3 rings (SSSR count). The second-order valence-corrected chi connectivity index (χ2v) is 7.88. The third-order valence-electron chi connectivity index (χ3n) is 4.39. The summed E-state index contributed by atoms with van der Waals surface area (Å²) in [5, 5.41) is 13.7. The minimum absolute atomic E-state index is 0.0594. The fraction of sp³-hybridized carbons (Fsp3) is 0.333. The van der Waals surface area contributed by atoms with Gasteiger partial charge in [-0.15, -0.1) is 0 Å². The van der Waals surface area contributed by atoms with E-state index in [-0.39, 0.29) is 11.7 Å². The summed E-state index contributed by atoms with van der Waals surface area (Å²) in [6.45, 7) is 0. The van der Waals surface area contributed by atoms with Crippen LogP contribution in [0.2, 0.25) is 0 Å². The number of hydrogen-bond donors (Lipinski definition) is 2. The number of rotatable bonds is 4. The van der Waals surface area contributed by atoms with Crippen LogP contribution < -0.4 is 5.43 Å². The van der Waals surface area contributed by atoms with Crippen LogP contribution in [0.1, 0.15) is 54.1 Å². The number of hydrogen-bond acceptors (Lipinski definition) is 3. The van der Waals surface area contributed by atoms with E-state index in [0.717, 1.165) is 5.56 Å². The van der Waals surface area contributed by atoms with Crippen LogP contribution in [0.5, 0.6) is 5.75 Å². The lowest BCUT2D eigenvalue weighted by Crippen LogP contribution is -2.17. The van der Waals surface area contributed by atoms with Crippen molar-refractivity contribution in [1.82, 2.24) is 9.99 Å². The lowest BCUT2D eigenvalue weighted by Gasteiger charge is -2.23. The summed E-state index contributed by atoms with van der Waals surface area (Å²) in [7, 11) is 0. The average molecular weight is 469 g/mol. The Labute approximate surface area is 163 Å². The summed E-state index contributed by atoms with van der Waals surface area (Å²) >= 11 is 6.42. The summed E-state index contributed by atoms with van der Waals surface area (Å²) in [5.74, 6) is -0.284. The highest BCUT2D eigenvalue weighted by atomic mass is 79.9. The number of benzene rings is 1. The van der Waals surface area contributed by atoms with Gasteiger partial charge in [-0.2, -0.15) is 5.10 Å². The van der Waals surface area contributed by atoms with E-state index >= 15 is 0 Å². The van der Waals surface area contributed by atoms with Gasteiger partial charge in [-0.1, -0.05) is 19.3 Å². The molecular weight excluding hydrogens is 450 g/mol. The largest absolute Gasteiger partial charge is 0.506 e. The van der Waals surface area contributed by atoms with E-state index in [1.54, 1.807) is 18.3 Å². The summed E-state index contributed by atoms with van der Waals surface area (Å²) in [4.78, 5) is 12.1. The highest BCUT2D eigenvalue weighted by molar-refractivity contribution is 9.11. The van der Waals surface area contributed by atoms with Crippen LogP contribution in [0.4, 0.5) is 0 Å². The number of nitrogens with one attached hydrogen (secondary N) is 1. The Morgan fingerprint density at radius 1 is 1.24 bits per heavy atom. The van der Waals surface area contributed by atoms with Crippen LogP contribution in [-0.2, 0) is 0 Å².